The molecular formula is C10H13ClN2O2. The van der Waals surface area contributed by atoms with E-state index in [0.29, 0.717) is 5.88 Å². The maximum Gasteiger partial charge on any atom is 0.246 e. The zero-order valence-electron chi connectivity index (χ0n) is 8.44. The van der Waals surface area contributed by atoms with Crippen molar-refractivity contribution in [2.24, 2.45) is 5.73 Å². The first-order valence-electron chi connectivity index (χ1n) is 4.54. The van der Waals surface area contributed by atoms with Crippen molar-refractivity contribution in [3.63, 3.8) is 0 Å². The molecule has 0 saturated carbocycles. The van der Waals surface area contributed by atoms with Gasteiger partial charge in [0.25, 0.3) is 0 Å². The van der Waals surface area contributed by atoms with E-state index in [4.69, 9.17) is 22.1 Å². The Morgan fingerprint density at radius 1 is 1.73 bits per heavy atom. The molecule has 0 aliphatic rings. The van der Waals surface area contributed by atoms with E-state index in [1.807, 2.05) is 6.07 Å². The standard InChI is InChI=1S/C10H13ClN2O2/c1-7(10(12)14)15-6-9-8(5-11)3-2-4-13-9/h2-4,7H,5-6H2,1H3,(H2,12,14). The molecule has 0 fully saturated rings. The number of carbonyl (C=O) groups is 1. The third-order valence-corrected chi connectivity index (χ3v) is 2.29. The van der Waals surface area contributed by atoms with E-state index in [-0.39, 0.29) is 6.61 Å². The van der Waals surface area contributed by atoms with Gasteiger partial charge < -0.3 is 10.5 Å². The summed E-state index contributed by atoms with van der Waals surface area (Å²) in [5.41, 5.74) is 6.70. The van der Waals surface area contributed by atoms with Gasteiger partial charge in [-0.2, -0.15) is 0 Å². The van der Waals surface area contributed by atoms with Gasteiger partial charge >= 0.3 is 0 Å². The van der Waals surface area contributed by atoms with E-state index in [9.17, 15) is 4.79 Å². The summed E-state index contributed by atoms with van der Waals surface area (Å²) in [4.78, 5) is 14.8. The molecule has 0 saturated heterocycles. The summed E-state index contributed by atoms with van der Waals surface area (Å²) in [6, 6.07) is 3.67. The topological polar surface area (TPSA) is 65.2 Å². The molecule has 1 heterocycles. The van der Waals surface area contributed by atoms with Crippen LogP contribution in [0.3, 0.4) is 0 Å². The van der Waals surface area contributed by atoms with Crippen LogP contribution in [-0.4, -0.2) is 17.0 Å². The van der Waals surface area contributed by atoms with Gasteiger partial charge in [-0.3, -0.25) is 9.78 Å². The second-order valence-corrected chi connectivity index (χ2v) is 3.37. The first-order chi connectivity index (χ1) is 7.15. The number of hydrogen-bond donors (Lipinski definition) is 1. The minimum Gasteiger partial charge on any atom is -0.367 e. The number of carbonyl (C=O) groups excluding carboxylic acids is 1. The Morgan fingerprint density at radius 3 is 3.07 bits per heavy atom. The highest BCUT2D eigenvalue weighted by molar-refractivity contribution is 6.17. The summed E-state index contributed by atoms with van der Waals surface area (Å²) in [5.74, 6) is -0.115. The lowest BCUT2D eigenvalue weighted by atomic mass is 10.2. The van der Waals surface area contributed by atoms with Crippen molar-refractivity contribution < 1.29 is 9.53 Å². The van der Waals surface area contributed by atoms with Gasteiger partial charge in [-0.1, -0.05) is 6.07 Å². The number of aromatic nitrogens is 1. The molecule has 0 radical (unpaired) electrons. The van der Waals surface area contributed by atoms with Gasteiger partial charge in [-0.25, -0.2) is 0 Å². The van der Waals surface area contributed by atoms with Crippen molar-refractivity contribution in [2.45, 2.75) is 25.5 Å². The highest BCUT2D eigenvalue weighted by Gasteiger charge is 2.10. The molecule has 82 valence electrons. The second kappa shape index (κ2) is 5.68. The molecule has 0 spiro atoms. The number of nitrogens with zero attached hydrogens (tertiary/aromatic N) is 1. The van der Waals surface area contributed by atoms with Gasteiger partial charge in [0, 0.05) is 12.1 Å². The molecule has 2 N–H and O–H groups in total. The maximum atomic E-state index is 10.7. The van der Waals surface area contributed by atoms with Crippen LogP contribution in [0.15, 0.2) is 18.3 Å². The molecule has 1 amide bonds. The van der Waals surface area contributed by atoms with Crippen LogP contribution in [0, 0.1) is 0 Å². The first kappa shape index (κ1) is 11.9. The fourth-order valence-electron chi connectivity index (χ4n) is 1.01. The number of pyridine rings is 1. The normalized spacial score (nSPS) is 12.4. The van der Waals surface area contributed by atoms with Crippen LogP contribution in [0.25, 0.3) is 0 Å². The Bertz CT molecular complexity index is 344. The fraction of sp³-hybridized carbons (Fsp3) is 0.400. The van der Waals surface area contributed by atoms with Crippen molar-refractivity contribution in [3.05, 3.63) is 29.6 Å². The summed E-state index contributed by atoms with van der Waals surface area (Å²) < 4.78 is 5.24. The van der Waals surface area contributed by atoms with E-state index in [1.165, 1.54) is 0 Å². The Hall–Kier alpha value is -1.13. The molecule has 0 aliphatic heterocycles. The van der Waals surface area contributed by atoms with Crippen LogP contribution < -0.4 is 5.73 Å². The average Bonchev–Trinajstić information content (AvgIpc) is 2.26. The number of primary amides is 1. The minimum absolute atomic E-state index is 0.243. The largest absolute Gasteiger partial charge is 0.367 e. The molecule has 0 bridgehead atoms. The van der Waals surface area contributed by atoms with Crippen LogP contribution in [0.1, 0.15) is 18.2 Å². The lowest BCUT2D eigenvalue weighted by molar-refractivity contribution is -0.129. The first-order valence-corrected chi connectivity index (χ1v) is 5.08. The summed E-state index contributed by atoms with van der Waals surface area (Å²) in [6.45, 7) is 1.85. The predicted molar refractivity (Wildman–Crippen MR) is 57.2 cm³/mol. The van der Waals surface area contributed by atoms with Gasteiger partial charge in [0.05, 0.1) is 12.3 Å². The molecule has 1 aromatic heterocycles. The zero-order chi connectivity index (χ0) is 11.3. The average molecular weight is 229 g/mol. The van der Waals surface area contributed by atoms with Crippen LogP contribution in [0.4, 0.5) is 0 Å². The van der Waals surface area contributed by atoms with Crippen LogP contribution in [0.2, 0.25) is 0 Å². The number of ether oxygens (including phenoxy) is 1. The lowest BCUT2D eigenvalue weighted by Gasteiger charge is -2.10. The summed E-state index contributed by atoms with van der Waals surface area (Å²) >= 11 is 5.72. The van der Waals surface area contributed by atoms with E-state index < -0.39 is 12.0 Å². The van der Waals surface area contributed by atoms with Crippen molar-refractivity contribution in [3.8, 4) is 0 Å². The third kappa shape index (κ3) is 3.49. The number of amides is 1. The molecule has 4 nitrogen and oxygen atoms in total. The highest BCUT2D eigenvalue weighted by Crippen LogP contribution is 2.10. The molecule has 15 heavy (non-hydrogen) atoms. The minimum atomic E-state index is -0.616. The van der Waals surface area contributed by atoms with Crippen LogP contribution in [0.5, 0.6) is 0 Å². The summed E-state index contributed by atoms with van der Waals surface area (Å²) in [7, 11) is 0. The van der Waals surface area contributed by atoms with Crippen LogP contribution >= 0.6 is 11.6 Å². The van der Waals surface area contributed by atoms with Crippen molar-refractivity contribution in [2.75, 3.05) is 0 Å². The Kier molecular flexibility index (Phi) is 4.52. The number of hydrogen-bond acceptors (Lipinski definition) is 3. The second-order valence-electron chi connectivity index (χ2n) is 3.10. The summed E-state index contributed by atoms with van der Waals surface area (Å²) in [6.07, 6.45) is 1.04. The number of alkyl halides is 1. The molecule has 1 atom stereocenters. The van der Waals surface area contributed by atoms with Crippen molar-refractivity contribution in [1.82, 2.24) is 4.98 Å². The highest BCUT2D eigenvalue weighted by atomic mass is 35.5. The Balaban J connectivity index is 2.60. The molecule has 1 rings (SSSR count). The SMILES string of the molecule is CC(OCc1ncccc1CCl)C(N)=O. The van der Waals surface area contributed by atoms with E-state index >= 15 is 0 Å². The van der Waals surface area contributed by atoms with Crippen molar-refractivity contribution >= 4 is 17.5 Å². The Morgan fingerprint density at radius 2 is 2.47 bits per heavy atom. The molecule has 0 aliphatic carbocycles. The number of rotatable bonds is 5. The van der Waals surface area contributed by atoms with Gasteiger partial charge in [-0.15, -0.1) is 11.6 Å². The van der Waals surface area contributed by atoms with Gasteiger partial charge in [-0.05, 0) is 18.6 Å². The van der Waals surface area contributed by atoms with Gasteiger partial charge in [0.2, 0.25) is 5.91 Å². The van der Waals surface area contributed by atoms with Gasteiger partial charge in [0.1, 0.15) is 6.10 Å². The quantitative estimate of drug-likeness (QED) is 0.771. The van der Waals surface area contributed by atoms with E-state index in [1.54, 1.807) is 19.2 Å². The number of halogens is 1. The fourth-order valence-corrected chi connectivity index (χ4v) is 1.25. The van der Waals surface area contributed by atoms with Gasteiger partial charge in [0.15, 0.2) is 0 Å². The zero-order valence-corrected chi connectivity index (χ0v) is 9.20. The molecule has 5 heteroatoms. The molecule has 1 aromatic rings. The molecule has 1 unspecified atom stereocenters. The smallest absolute Gasteiger partial charge is 0.246 e. The number of nitrogens with two attached hydrogens (primary N) is 1. The van der Waals surface area contributed by atoms with E-state index in [0.717, 1.165) is 11.3 Å². The molecular weight excluding hydrogens is 216 g/mol. The van der Waals surface area contributed by atoms with E-state index in [2.05, 4.69) is 4.98 Å². The maximum absolute atomic E-state index is 10.7. The third-order valence-electron chi connectivity index (χ3n) is 2.00. The lowest BCUT2D eigenvalue weighted by Crippen LogP contribution is -2.28. The van der Waals surface area contributed by atoms with Crippen LogP contribution in [-0.2, 0) is 22.0 Å². The summed E-state index contributed by atoms with van der Waals surface area (Å²) in [5, 5.41) is 0. The van der Waals surface area contributed by atoms with Crippen molar-refractivity contribution in [1.29, 1.82) is 0 Å². The predicted octanol–water partition coefficient (Wildman–Crippen LogP) is 1.21. The Labute approximate surface area is 93.4 Å². The molecule has 0 aromatic carbocycles. The monoisotopic (exact) mass is 228 g/mol.